The molecule has 0 aromatic rings. The first-order valence-corrected chi connectivity index (χ1v) is 10.6. The molecule has 3 rings (SSSR count). The minimum Gasteiger partial charge on any atom is -0.501 e. The molecule has 2 fully saturated rings. The Kier molecular flexibility index (Phi) is 5.81. The van der Waals surface area contributed by atoms with Crippen molar-refractivity contribution in [3.05, 3.63) is 23.2 Å². The van der Waals surface area contributed by atoms with E-state index < -0.39 is 0 Å². The van der Waals surface area contributed by atoms with Gasteiger partial charge in [-0.2, -0.15) is 0 Å². The predicted octanol–water partition coefficient (Wildman–Crippen LogP) is 6.34. The molecule has 0 aromatic carbocycles. The van der Waals surface area contributed by atoms with E-state index in [1.54, 1.807) is 0 Å². The summed E-state index contributed by atoms with van der Waals surface area (Å²) in [5, 5.41) is 1.82. The Balaban J connectivity index is 1.77. The second-order valence-electron chi connectivity index (χ2n) is 6.99. The molecule has 0 aromatic heterocycles. The highest BCUT2D eigenvalue weighted by Gasteiger charge is 2.33. The molecule has 0 saturated heterocycles. The zero-order valence-corrected chi connectivity index (χ0v) is 14.5. The maximum atomic E-state index is 5.43. The summed E-state index contributed by atoms with van der Waals surface area (Å²) >= 11 is 0. The highest BCUT2D eigenvalue weighted by Crippen LogP contribution is 2.62. The molecule has 0 amide bonds. The fourth-order valence-electron chi connectivity index (χ4n) is 4.48. The Morgan fingerprint density at radius 3 is 1.81 bits per heavy atom. The summed E-state index contributed by atoms with van der Waals surface area (Å²) in [4.78, 5) is 0. The van der Waals surface area contributed by atoms with Crippen LogP contribution in [0.15, 0.2) is 23.2 Å². The summed E-state index contributed by atoms with van der Waals surface area (Å²) in [6, 6.07) is 0. The lowest BCUT2D eigenvalue weighted by Gasteiger charge is -2.40. The topological polar surface area (TPSA) is 9.23 Å². The van der Waals surface area contributed by atoms with E-state index in [4.69, 9.17) is 4.74 Å². The summed E-state index contributed by atoms with van der Waals surface area (Å²) in [7, 11) is 1.94. The minimum absolute atomic E-state index is 0.122. The van der Waals surface area contributed by atoms with E-state index in [1.807, 2.05) is 12.4 Å². The normalized spacial score (nSPS) is 25.6. The number of hydrogen-bond acceptors (Lipinski definition) is 1. The van der Waals surface area contributed by atoms with E-state index in [2.05, 4.69) is 12.2 Å². The van der Waals surface area contributed by atoms with Gasteiger partial charge in [-0.05, 0) is 54.8 Å². The Hall–Kier alpha value is -0.290. The third-order valence-electron chi connectivity index (χ3n) is 5.62. The van der Waals surface area contributed by atoms with E-state index in [0.29, 0.717) is 0 Å². The van der Waals surface area contributed by atoms with Crippen molar-refractivity contribution >= 4 is 7.92 Å². The average molecular weight is 306 g/mol. The van der Waals surface area contributed by atoms with Gasteiger partial charge in [0, 0.05) is 6.42 Å². The Morgan fingerprint density at radius 1 is 0.810 bits per heavy atom. The van der Waals surface area contributed by atoms with E-state index in [0.717, 1.165) is 17.7 Å². The van der Waals surface area contributed by atoms with Crippen LogP contribution in [-0.2, 0) is 4.74 Å². The molecule has 0 aliphatic heterocycles. The van der Waals surface area contributed by atoms with Crippen molar-refractivity contribution in [3.63, 3.8) is 0 Å². The van der Waals surface area contributed by atoms with Gasteiger partial charge in [0.25, 0.3) is 0 Å². The molecule has 0 bridgehead atoms. The van der Waals surface area contributed by atoms with Crippen LogP contribution >= 0.6 is 7.92 Å². The summed E-state index contributed by atoms with van der Waals surface area (Å²) in [6.45, 7) is 0. The monoisotopic (exact) mass is 306 g/mol. The van der Waals surface area contributed by atoms with Gasteiger partial charge in [-0.1, -0.05) is 52.5 Å². The summed E-state index contributed by atoms with van der Waals surface area (Å²) < 4.78 is 5.43. The van der Waals surface area contributed by atoms with Gasteiger partial charge in [-0.25, -0.2) is 0 Å². The van der Waals surface area contributed by atoms with E-state index >= 15 is 0 Å². The van der Waals surface area contributed by atoms with Gasteiger partial charge in [-0.15, -0.1) is 0 Å². The molecule has 0 unspecified atom stereocenters. The van der Waals surface area contributed by atoms with Crippen molar-refractivity contribution in [1.29, 1.82) is 0 Å². The van der Waals surface area contributed by atoms with Crippen LogP contribution in [0.25, 0.3) is 0 Å². The molecule has 2 saturated carbocycles. The molecule has 0 atom stereocenters. The van der Waals surface area contributed by atoms with Crippen molar-refractivity contribution in [2.45, 2.75) is 88.4 Å². The molecule has 3 aliphatic carbocycles. The minimum atomic E-state index is 0.122. The lowest BCUT2D eigenvalue weighted by atomic mass is 9.99. The van der Waals surface area contributed by atoms with Crippen molar-refractivity contribution in [2.75, 3.05) is 7.11 Å². The van der Waals surface area contributed by atoms with Crippen molar-refractivity contribution < 1.29 is 4.74 Å². The molecular weight excluding hydrogens is 275 g/mol. The Morgan fingerprint density at radius 2 is 1.38 bits per heavy atom. The largest absolute Gasteiger partial charge is 0.501 e. The first-order valence-electron chi connectivity index (χ1n) is 9.10. The average Bonchev–Trinajstić information content (AvgIpc) is 2.58. The quantitative estimate of drug-likeness (QED) is 0.550. The van der Waals surface area contributed by atoms with E-state index in [1.165, 1.54) is 76.4 Å². The maximum absolute atomic E-state index is 5.43. The molecule has 118 valence electrons. The van der Waals surface area contributed by atoms with Crippen LogP contribution in [0, 0.1) is 0 Å². The zero-order valence-electron chi connectivity index (χ0n) is 13.7. The standard InChI is InChI=1S/C19H31OP/c1-20-16-12-14-19(15-13-16)21(17-8-4-2-5-9-17)18-10-6-3-7-11-18/h12,14,17-18H,2-11,13,15H2,1H3. The molecule has 2 heteroatoms. The molecular formula is C19H31OP. The number of ether oxygens (including phenoxy) is 1. The van der Waals surface area contributed by atoms with Crippen molar-refractivity contribution in [2.24, 2.45) is 0 Å². The lowest BCUT2D eigenvalue weighted by molar-refractivity contribution is 0.276. The van der Waals surface area contributed by atoms with E-state index in [9.17, 15) is 0 Å². The fourth-order valence-corrected chi connectivity index (χ4v) is 8.47. The highest BCUT2D eigenvalue weighted by molar-refractivity contribution is 7.63. The Bertz CT molecular complexity index is 368. The van der Waals surface area contributed by atoms with Gasteiger partial charge in [0.1, 0.15) is 0 Å². The predicted molar refractivity (Wildman–Crippen MR) is 93.1 cm³/mol. The third-order valence-corrected chi connectivity index (χ3v) is 9.26. The zero-order chi connectivity index (χ0) is 14.5. The van der Waals surface area contributed by atoms with Crippen LogP contribution in [-0.4, -0.2) is 18.4 Å². The first kappa shape index (κ1) is 15.6. The summed E-state index contributed by atoms with van der Waals surface area (Å²) in [5.74, 6) is 1.18. The van der Waals surface area contributed by atoms with Gasteiger partial charge >= 0.3 is 0 Å². The van der Waals surface area contributed by atoms with Gasteiger partial charge in [-0.3, -0.25) is 0 Å². The van der Waals surface area contributed by atoms with Gasteiger partial charge in [0.15, 0.2) is 0 Å². The van der Waals surface area contributed by atoms with Gasteiger partial charge in [0.2, 0.25) is 0 Å². The smallest absolute Gasteiger partial charge is 0.0958 e. The van der Waals surface area contributed by atoms with E-state index in [-0.39, 0.29) is 7.92 Å². The molecule has 1 nitrogen and oxygen atoms in total. The number of methoxy groups -OCH3 is 1. The number of rotatable bonds is 4. The molecule has 0 spiro atoms. The third kappa shape index (κ3) is 3.92. The molecule has 21 heavy (non-hydrogen) atoms. The van der Waals surface area contributed by atoms with Crippen LogP contribution in [0.2, 0.25) is 0 Å². The van der Waals surface area contributed by atoms with Gasteiger partial charge < -0.3 is 4.74 Å². The fraction of sp³-hybridized carbons (Fsp3) is 0.789. The Labute approximate surface area is 132 Å². The summed E-state index contributed by atoms with van der Waals surface area (Å²) in [6.07, 6.45) is 22.1. The van der Waals surface area contributed by atoms with Gasteiger partial charge in [0.05, 0.1) is 12.9 Å². The molecule has 0 radical (unpaired) electrons. The molecule has 3 aliphatic rings. The van der Waals surface area contributed by atoms with Crippen LogP contribution < -0.4 is 0 Å². The molecule has 0 heterocycles. The molecule has 0 N–H and O–H groups in total. The number of allylic oxidation sites excluding steroid dienone is 4. The highest BCUT2D eigenvalue weighted by atomic mass is 31.1. The van der Waals surface area contributed by atoms with Crippen molar-refractivity contribution in [1.82, 2.24) is 0 Å². The van der Waals surface area contributed by atoms with Crippen LogP contribution in [0.3, 0.4) is 0 Å². The van der Waals surface area contributed by atoms with Crippen LogP contribution in [0.5, 0.6) is 0 Å². The van der Waals surface area contributed by atoms with Crippen LogP contribution in [0.1, 0.15) is 77.0 Å². The maximum Gasteiger partial charge on any atom is 0.0958 e. The number of hydrogen-bond donors (Lipinski definition) is 0. The second kappa shape index (κ2) is 7.82. The first-order chi connectivity index (χ1) is 10.4. The van der Waals surface area contributed by atoms with Crippen LogP contribution in [0.4, 0.5) is 0 Å². The SMILES string of the molecule is COC1=CC=C(P(C2CCCCC2)C2CCCCC2)CC1. The second-order valence-corrected chi connectivity index (χ2v) is 9.84. The van der Waals surface area contributed by atoms with Crippen molar-refractivity contribution in [3.8, 4) is 0 Å². The lowest BCUT2D eigenvalue weighted by Crippen LogP contribution is -2.21. The summed E-state index contributed by atoms with van der Waals surface area (Å²) in [5.41, 5.74) is 2.08.